The summed E-state index contributed by atoms with van der Waals surface area (Å²) in [5.74, 6) is -1.31. The molecule has 0 unspecified atom stereocenters. The van der Waals surface area contributed by atoms with Crippen LogP contribution in [0.2, 0.25) is 0 Å². The lowest BCUT2D eigenvalue weighted by molar-refractivity contribution is -0.141. The van der Waals surface area contributed by atoms with Crippen LogP contribution in [-0.4, -0.2) is 54.7 Å². The second kappa shape index (κ2) is 10.2. The number of rotatable bonds is 9. The zero-order valence-corrected chi connectivity index (χ0v) is 11.5. The molecule has 2 N–H and O–H groups in total. The molecule has 0 aromatic heterocycles. The second-order valence-corrected chi connectivity index (χ2v) is 4.08. The van der Waals surface area contributed by atoms with Gasteiger partial charge in [-0.3, -0.25) is 9.59 Å². The number of unbranched alkanes of at least 4 members (excludes halogenated alkanes) is 1. The number of urea groups is 1. The lowest BCUT2D eigenvalue weighted by Gasteiger charge is -2.21. The molecule has 0 aliphatic rings. The van der Waals surface area contributed by atoms with E-state index in [1.54, 1.807) is 0 Å². The minimum atomic E-state index is -0.843. The van der Waals surface area contributed by atoms with Crippen LogP contribution in [0.25, 0.3) is 0 Å². The largest absolute Gasteiger partial charge is 0.481 e. The molecule has 0 aliphatic carbocycles. The molecule has 7 nitrogen and oxygen atoms in total. The van der Waals surface area contributed by atoms with Gasteiger partial charge >= 0.3 is 18.0 Å². The van der Waals surface area contributed by atoms with Crippen LogP contribution in [0.15, 0.2) is 0 Å². The molecule has 0 saturated carbocycles. The second-order valence-electron chi connectivity index (χ2n) is 4.08. The molecule has 0 fully saturated rings. The number of nitrogens with one attached hydrogen (secondary N) is 1. The average Bonchev–Trinajstić information content (AvgIpc) is 2.37. The van der Waals surface area contributed by atoms with Gasteiger partial charge < -0.3 is 20.1 Å². The van der Waals surface area contributed by atoms with Gasteiger partial charge in [0.15, 0.2) is 0 Å². The van der Waals surface area contributed by atoms with Crippen molar-refractivity contribution in [2.45, 2.75) is 32.6 Å². The van der Waals surface area contributed by atoms with Crippen LogP contribution in [0.3, 0.4) is 0 Å². The Morgan fingerprint density at radius 2 is 1.95 bits per heavy atom. The number of methoxy groups -OCH3 is 1. The van der Waals surface area contributed by atoms with Crippen molar-refractivity contribution >= 4 is 18.0 Å². The molecular formula is C12H22N2O5. The molecule has 0 atom stereocenters. The molecule has 7 heteroatoms. The van der Waals surface area contributed by atoms with E-state index in [0.717, 1.165) is 6.42 Å². The van der Waals surface area contributed by atoms with Crippen LogP contribution in [0, 0.1) is 0 Å². The number of carboxylic acid groups (broad SMARTS) is 1. The van der Waals surface area contributed by atoms with Gasteiger partial charge in [-0.2, -0.15) is 0 Å². The maximum atomic E-state index is 11.8. The fourth-order valence-electron chi connectivity index (χ4n) is 1.45. The molecule has 0 aromatic carbocycles. The van der Waals surface area contributed by atoms with E-state index in [9.17, 15) is 14.4 Å². The number of amides is 2. The molecule has 0 spiro atoms. The zero-order chi connectivity index (χ0) is 14.7. The first-order valence-corrected chi connectivity index (χ1v) is 6.32. The van der Waals surface area contributed by atoms with Crippen LogP contribution in [-0.2, 0) is 14.3 Å². The first-order valence-electron chi connectivity index (χ1n) is 6.32. The van der Waals surface area contributed by atoms with Crippen molar-refractivity contribution in [3.8, 4) is 0 Å². The predicted octanol–water partition coefficient (Wildman–Crippen LogP) is 0.836. The van der Waals surface area contributed by atoms with Gasteiger partial charge in [0.1, 0.15) is 6.54 Å². The first kappa shape index (κ1) is 17.2. The van der Waals surface area contributed by atoms with E-state index >= 15 is 0 Å². The molecule has 2 amide bonds. The number of ether oxygens (including phenoxy) is 1. The van der Waals surface area contributed by atoms with Gasteiger partial charge in [-0.05, 0) is 19.3 Å². The highest BCUT2D eigenvalue weighted by Gasteiger charge is 2.15. The topological polar surface area (TPSA) is 95.9 Å². The van der Waals surface area contributed by atoms with Gasteiger partial charge in [-0.15, -0.1) is 0 Å². The fraction of sp³-hybridized carbons (Fsp3) is 0.750. The van der Waals surface area contributed by atoms with E-state index in [0.29, 0.717) is 25.9 Å². The molecule has 0 saturated heterocycles. The lowest BCUT2D eigenvalue weighted by Crippen LogP contribution is -2.43. The number of carbonyl (C=O) groups is 3. The summed E-state index contributed by atoms with van der Waals surface area (Å²) in [7, 11) is 1.27. The fourth-order valence-corrected chi connectivity index (χ4v) is 1.45. The van der Waals surface area contributed by atoms with Gasteiger partial charge in [0, 0.05) is 19.5 Å². The Morgan fingerprint density at radius 1 is 1.26 bits per heavy atom. The van der Waals surface area contributed by atoms with E-state index in [1.165, 1.54) is 12.0 Å². The third kappa shape index (κ3) is 8.87. The molecule has 0 aromatic rings. The van der Waals surface area contributed by atoms with Crippen molar-refractivity contribution in [1.82, 2.24) is 10.2 Å². The quantitative estimate of drug-likeness (QED) is 0.479. The Bertz CT molecular complexity index is 306. The molecule has 0 radical (unpaired) electrons. The minimum Gasteiger partial charge on any atom is -0.481 e. The molecule has 0 aliphatic heterocycles. The summed E-state index contributed by atoms with van der Waals surface area (Å²) in [5.41, 5.74) is 0. The Morgan fingerprint density at radius 3 is 2.47 bits per heavy atom. The Balaban J connectivity index is 3.97. The number of carbonyl (C=O) groups excluding carboxylic acids is 2. The smallest absolute Gasteiger partial charge is 0.325 e. The molecule has 0 bridgehead atoms. The molecule has 0 heterocycles. The normalized spacial score (nSPS) is 9.79. The van der Waals surface area contributed by atoms with Gasteiger partial charge in [0.2, 0.25) is 0 Å². The Hall–Kier alpha value is -1.79. The van der Waals surface area contributed by atoms with Crippen molar-refractivity contribution in [3.05, 3.63) is 0 Å². The van der Waals surface area contributed by atoms with Crippen LogP contribution < -0.4 is 5.32 Å². The standard InChI is InChI=1S/C12H22N2O5/c1-3-8-14(9-11(17)19-2)12(18)13-7-5-4-6-10(15)16/h3-9H2,1-2H3,(H,13,18)(H,15,16). The van der Waals surface area contributed by atoms with Crippen LogP contribution >= 0.6 is 0 Å². The van der Waals surface area contributed by atoms with Gasteiger partial charge in [-0.25, -0.2) is 4.79 Å². The van der Waals surface area contributed by atoms with Crippen molar-refractivity contribution in [3.63, 3.8) is 0 Å². The van der Waals surface area contributed by atoms with E-state index in [1.807, 2.05) is 6.92 Å². The summed E-state index contributed by atoms with van der Waals surface area (Å²) in [5, 5.41) is 11.1. The van der Waals surface area contributed by atoms with E-state index in [4.69, 9.17) is 5.11 Å². The first-order chi connectivity index (χ1) is 9.01. The Labute approximate surface area is 112 Å². The van der Waals surface area contributed by atoms with E-state index < -0.39 is 11.9 Å². The molecular weight excluding hydrogens is 252 g/mol. The van der Waals surface area contributed by atoms with Crippen LogP contribution in [0.5, 0.6) is 0 Å². The number of hydrogen-bond donors (Lipinski definition) is 2. The number of nitrogens with zero attached hydrogens (tertiary/aromatic N) is 1. The third-order valence-electron chi connectivity index (χ3n) is 2.42. The highest BCUT2D eigenvalue weighted by molar-refractivity contribution is 5.80. The van der Waals surface area contributed by atoms with E-state index in [-0.39, 0.29) is 19.0 Å². The molecule has 0 rings (SSSR count). The summed E-state index contributed by atoms with van der Waals surface area (Å²) >= 11 is 0. The summed E-state index contributed by atoms with van der Waals surface area (Å²) in [6, 6.07) is -0.331. The monoisotopic (exact) mass is 274 g/mol. The highest BCUT2D eigenvalue weighted by Crippen LogP contribution is 1.97. The Kier molecular flexibility index (Phi) is 9.20. The van der Waals surface area contributed by atoms with Crippen molar-refractivity contribution in [2.24, 2.45) is 0 Å². The lowest BCUT2D eigenvalue weighted by atomic mass is 10.2. The third-order valence-corrected chi connectivity index (χ3v) is 2.42. The van der Waals surface area contributed by atoms with Gasteiger partial charge in [0.25, 0.3) is 0 Å². The maximum absolute atomic E-state index is 11.8. The van der Waals surface area contributed by atoms with Crippen molar-refractivity contribution in [1.29, 1.82) is 0 Å². The maximum Gasteiger partial charge on any atom is 0.325 e. The number of hydrogen-bond acceptors (Lipinski definition) is 4. The molecule has 19 heavy (non-hydrogen) atoms. The van der Waals surface area contributed by atoms with Crippen molar-refractivity contribution in [2.75, 3.05) is 26.7 Å². The highest BCUT2D eigenvalue weighted by atomic mass is 16.5. The average molecular weight is 274 g/mol. The predicted molar refractivity (Wildman–Crippen MR) is 68.8 cm³/mol. The summed E-state index contributed by atoms with van der Waals surface area (Å²) in [6.45, 7) is 2.69. The summed E-state index contributed by atoms with van der Waals surface area (Å²) in [6.07, 6.45) is 1.94. The van der Waals surface area contributed by atoms with Gasteiger partial charge in [0.05, 0.1) is 7.11 Å². The zero-order valence-electron chi connectivity index (χ0n) is 11.5. The van der Waals surface area contributed by atoms with Crippen LogP contribution in [0.1, 0.15) is 32.6 Å². The number of carboxylic acids is 1. The van der Waals surface area contributed by atoms with Crippen molar-refractivity contribution < 1.29 is 24.2 Å². The molecule has 110 valence electrons. The SMILES string of the molecule is CCCN(CC(=O)OC)C(=O)NCCCCC(=O)O. The van der Waals surface area contributed by atoms with Crippen LogP contribution in [0.4, 0.5) is 4.79 Å². The summed E-state index contributed by atoms with van der Waals surface area (Å²) in [4.78, 5) is 34.6. The minimum absolute atomic E-state index is 0.0781. The van der Waals surface area contributed by atoms with Gasteiger partial charge in [-0.1, -0.05) is 6.92 Å². The summed E-state index contributed by atoms with van der Waals surface area (Å²) < 4.78 is 4.52. The van der Waals surface area contributed by atoms with E-state index in [2.05, 4.69) is 10.1 Å². The number of aliphatic carboxylic acids is 1. The number of esters is 1.